The lowest BCUT2D eigenvalue weighted by Crippen LogP contribution is -2.31. The number of benzene rings is 1. The summed E-state index contributed by atoms with van der Waals surface area (Å²) in [6.45, 7) is 0. The molecule has 0 saturated heterocycles. The van der Waals surface area contributed by atoms with Gasteiger partial charge in [-0.1, -0.05) is 12.1 Å². The lowest BCUT2D eigenvalue weighted by atomic mass is 10.1. The number of carbonyl (C=O) groups excluding carboxylic acids is 2. The van der Waals surface area contributed by atoms with Gasteiger partial charge in [0.2, 0.25) is 0 Å². The summed E-state index contributed by atoms with van der Waals surface area (Å²) in [6, 6.07) is 6.27. The smallest absolute Gasteiger partial charge is 0.338 e. The van der Waals surface area contributed by atoms with Gasteiger partial charge in [0.25, 0.3) is 11.1 Å². The van der Waals surface area contributed by atoms with E-state index in [1.165, 1.54) is 26.4 Å². The molecule has 0 bridgehead atoms. The summed E-state index contributed by atoms with van der Waals surface area (Å²) in [6.07, 6.45) is 0. The van der Waals surface area contributed by atoms with Crippen LogP contribution in [0.25, 0.3) is 0 Å². The molecule has 0 aliphatic rings. The largest absolute Gasteiger partial charge is 0.474 e. The summed E-state index contributed by atoms with van der Waals surface area (Å²) in [4.78, 5) is 23.2. The number of carbonyl (C=O) groups is 2. The van der Waals surface area contributed by atoms with Crippen molar-refractivity contribution >= 4 is 29.3 Å². The number of thiocarbonyl (C=S) groups is 1. The minimum absolute atomic E-state index is 0.0605. The van der Waals surface area contributed by atoms with E-state index < -0.39 is 11.9 Å². The van der Waals surface area contributed by atoms with Crippen molar-refractivity contribution in [1.82, 2.24) is 5.32 Å². The molecule has 0 atom stereocenters. The van der Waals surface area contributed by atoms with Gasteiger partial charge < -0.3 is 9.47 Å². The van der Waals surface area contributed by atoms with Crippen LogP contribution < -0.4 is 5.32 Å². The molecule has 1 N–H and O–H groups in total. The third-order valence-corrected chi connectivity index (χ3v) is 2.25. The molecule has 1 rings (SSSR count). The second kappa shape index (κ2) is 5.95. The molecule has 0 aromatic heterocycles. The summed E-state index contributed by atoms with van der Waals surface area (Å²) in [7, 11) is 2.59. The molecular formula is C11H11NO4S. The lowest BCUT2D eigenvalue weighted by Gasteiger charge is -2.08. The molecule has 5 nitrogen and oxygen atoms in total. The molecule has 0 heterocycles. The van der Waals surface area contributed by atoms with Crippen molar-refractivity contribution in [3.05, 3.63) is 35.4 Å². The van der Waals surface area contributed by atoms with Gasteiger partial charge in [-0.15, -0.1) is 0 Å². The van der Waals surface area contributed by atoms with Crippen LogP contribution in [-0.4, -0.2) is 31.3 Å². The fraction of sp³-hybridized carbons (Fsp3) is 0.182. The molecule has 0 radical (unpaired) electrons. The molecule has 1 aromatic rings. The van der Waals surface area contributed by atoms with Crippen molar-refractivity contribution in [2.75, 3.05) is 14.2 Å². The first-order valence-electron chi connectivity index (χ1n) is 4.66. The summed E-state index contributed by atoms with van der Waals surface area (Å²) >= 11 is 4.70. The number of nitrogens with one attached hydrogen (secondary N) is 1. The minimum atomic E-state index is -0.584. The average Bonchev–Trinajstić information content (AvgIpc) is 2.37. The number of methoxy groups -OCH3 is 2. The van der Waals surface area contributed by atoms with E-state index in [9.17, 15) is 9.59 Å². The van der Waals surface area contributed by atoms with Gasteiger partial charge in [0.15, 0.2) is 0 Å². The van der Waals surface area contributed by atoms with E-state index >= 15 is 0 Å². The Morgan fingerprint density at radius 1 is 1.12 bits per heavy atom. The van der Waals surface area contributed by atoms with E-state index in [1.54, 1.807) is 12.1 Å². The highest BCUT2D eigenvalue weighted by Crippen LogP contribution is 2.10. The average molecular weight is 253 g/mol. The van der Waals surface area contributed by atoms with Crippen LogP contribution in [0.5, 0.6) is 0 Å². The number of esters is 1. The van der Waals surface area contributed by atoms with Crippen molar-refractivity contribution in [3.8, 4) is 0 Å². The highest BCUT2D eigenvalue weighted by molar-refractivity contribution is 7.80. The second-order valence-electron chi connectivity index (χ2n) is 2.98. The summed E-state index contributed by atoms with van der Waals surface area (Å²) < 4.78 is 9.23. The number of amides is 1. The Hall–Kier alpha value is -1.95. The Labute approximate surface area is 104 Å². The quantitative estimate of drug-likeness (QED) is 0.632. The SMILES string of the molecule is COC(=O)c1ccccc1C(=O)NC(=S)OC. The molecule has 17 heavy (non-hydrogen) atoms. The van der Waals surface area contributed by atoms with Gasteiger partial charge in [-0.25, -0.2) is 4.79 Å². The Kier molecular flexibility index (Phi) is 4.59. The third-order valence-electron chi connectivity index (χ3n) is 1.98. The van der Waals surface area contributed by atoms with Gasteiger partial charge in [0.05, 0.1) is 25.3 Å². The lowest BCUT2D eigenvalue weighted by molar-refractivity contribution is 0.0596. The van der Waals surface area contributed by atoms with Crippen LogP contribution in [0.3, 0.4) is 0 Å². The molecule has 90 valence electrons. The third kappa shape index (κ3) is 3.25. The normalized spacial score (nSPS) is 9.29. The van der Waals surface area contributed by atoms with Crippen molar-refractivity contribution in [3.63, 3.8) is 0 Å². The molecule has 1 amide bonds. The van der Waals surface area contributed by atoms with Crippen LogP contribution in [0.15, 0.2) is 24.3 Å². The van der Waals surface area contributed by atoms with Crippen LogP contribution in [-0.2, 0) is 9.47 Å². The maximum Gasteiger partial charge on any atom is 0.338 e. The molecule has 0 unspecified atom stereocenters. The first-order chi connectivity index (χ1) is 8.10. The van der Waals surface area contributed by atoms with E-state index in [0.717, 1.165) is 0 Å². The fourth-order valence-corrected chi connectivity index (χ4v) is 1.27. The zero-order valence-corrected chi connectivity index (χ0v) is 10.2. The van der Waals surface area contributed by atoms with Gasteiger partial charge >= 0.3 is 5.97 Å². The monoisotopic (exact) mass is 253 g/mol. The first-order valence-corrected chi connectivity index (χ1v) is 5.07. The Balaban J connectivity index is 3.01. The zero-order valence-electron chi connectivity index (χ0n) is 9.35. The highest BCUT2D eigenvalue weighted by atomic mass is 32.1. The van der Waals surface area contributed by atoms with Crippen LogP contribution in [0.1, 0.15) is 20.7 Å². The molecule has 6 heteroatoms. The maximum absolute atomic E-state index is 11.8. The van der Waals surface area contributed by atoms with E-state index in [2.05, 4.69) is 14.8 Å². The van der Waals surface area contributed by atoms with Crippen LogP contribution >= 0.6 is 12.2 Å². The number of hydrogen-bond donors (Lipinski definition) is 1. The first kappa shape index (κ1) is 13.1. The van der Waals surface area contributed by atoms with Gasteiger partial charge in [0, 0.05) is 0 Å². The van der Waals surface area contributed by atoms with Crippen LogP contribution in [0.4, 0.5) is 0 Å². The molecule has 0 spiro atoms. The molecule has 0 aliphatic carbocycles. The summed E-state index contributed by atoms with van der Waals surface area (Å²) in [5, 5.41) is 2.27. The summed E-state index contributed by atoms with van der Waals surface area (Å²) in [5.41, 5.74) is 0.352. The predicted molar refractivity (Wildman–Crippen MR) is 64.9 cm³/mol. The zero-order chi connectivity index (χ0) is 12.8. The molecule has 1 aromatic carbocycles. The predicted octanol–water partition coefficient (Wildman–Crippen LogP) is 1.13. The van der Waals surface area contributed by atoms with E-state index in [1.807, 2.05) is 0 Å². The van der Waals surface area contributed by atoms with Gasteiger partial charge in [-0.05, 0) is 24.4 Å². The Morgan fingerprint density at radius 2 is 1.71 bits per heavy atom. The maximum atomic E-state index is 11.8. The topological polar surface area (TPSA) is 64.6 Å². The van der Waals surface area contributed by atoms with Crippen molar-refractivity contribution in [2.24, 2.45) is 0 Å². The van der Waals surface area contributed by atoms with Crippen molar-refractivity contribution < 1.29 is 19.1 Å². The van der Waals surface area contributed by atoms with E-state index in [-0.39, 0.29) is 16.3 Å². The van der Waals surface area contributed by atoms with Gasteiger partial charge in [0.1, 0.15) is 0 Å². The van der Waals surface area contributed by atoms with Crippen LogP contribution in [0.2, 0.25) is 0 Å². The molecule has 0 fully saturated rings. The number of rotatable bonds is 2. The molecule has 0 aliphatic heterocycles. The second-order valence-corrected chi connectivity index (χ2v) is 3.35. The van der Waals surface area contributed by atoms with E-state index in [0.29, 0.717) is 0 Å². The van der Waals surface area contributed by atoms with E-state index in [4.69, 9.17) is 12.2 Å². The van der Waals surface area contributed by atoms with Crippen LogP contribution in [0, 0.1) is 0 Å². The standard InChI is InChI=1S/C11H11NO4S/c1-15-10(14)8-6-4-3-5-7(8)9(13)12-11(17)16-2/h3-6H,1-2H3,(H,12,13,17). The fourth-order valence-electron chi connectivity index (χ4n) is 1.18. The van der Waals surface area contributed by atoms with Gasteiger partial charge in [-0.3, -0.25) is 10.1 Å². The van der Waals surface area contributed by atoms with Crippen molar-refractivity contribution in [1.29, 1.82) is 0 Å². The Morgan fingerprint density at radius 3 is 2.24 bits per heavy atom. The number of hydrogen-bond acceptors (Lipinski definition) is 5. The molecular weight excluding hydrogens is 242 g/mol. The summed E-state index contributed by atoms with van der Waals surface area (Å²) in [5.74, 6) is -1.10. The number of ether oxygens (including phenoxy) is 2. The highest BCUT2D eigenvalue weighted by Gasteiger charge is 2.17. The van der Waals surface area contributed by atoms with Crippen molar-refractivity contribution in [2.45, 2.75) is 0 Å². The Bertz CT molecular complexity index is 459. The molecule has 0 saturated carbocycles. The minimum Gasteiger partial charge on any atom is -0.474 e. The van der Waals surface area contributed by atoms with Gasteiger partial charge in [-0.2, -0.15) is 0 Å².